The van der Waals surface area contributed by atoms with Gasteiger partial charge in [-0.1, -0.05) is 6.92 Å². The van der Waals surface area contributed by atoms with Crippen molar-refractivity contribution in [1.29, 1.82) is 0 Å². The van der Waals surface area contributed by atoms with Gasteiger partial charge in [0.15, 0.2) is 0 Å². The molecule has 1 amide bonds. The van der Waals surface area contributed by atoms with Crippen LogP contribution >= 0.6 is 0 Å². The van der Waals surface area contributed by atoms with Crippen molar-refractivity contribution in [2.45, 2.75) is 58.9 Å². The summed E-state index contributed by atoms with van der Waals surface area (Å²) in [5, 5.41) is 2.84. The maximum absolute atomic E-state index is 12.2. The van der Waals surface area contributed by atoms with E-state index in [4.69, 9.17) is 19.0 Å². The molecule has 9 heteroatoms. The summed E-state index contributed by atoms with van der Waals surface area (Å²) in [6.07, 6.45) is 5.77. The van der Waals surface area contributed by atoms with Crippen molar-refractivity contribution in [1.82, 2.24) is 14.9 Å². The molecule has 1 aromatic rings. The fraction of sp³-hybridized carbons (Fsp3) is 0.750. The Labute approximate surface area is 151 Å². The van der Waals surface area contributed by atoms with Gasteiger partial charge in [0, 0.05) is 38.2 Å². The lowest BCUT2D eigenvalue weighted by atomic mass is 10.3. The lowest BCUT2D eigenvalue weighted by Gasteiger charge is -2.32. The standard InChI is InChI=1S/C16H32N4O4Si/c1-5-9-19-16(21)14(4)24-25(22-6-2,23-7-3)12-8-15(17)20-11-10-18-13-20/h10-11,13-15H,5-9,12,17H2,1-4H3,(H,19,21). The predicted octanol–water partition coefficient (Wildman–Crippen LogP) is 1.67. The smallest absolute Gasteiger partial charge is 0.374 e. The van der Waals surface area contributed by atoms with Crippen LogP contribution in [0, 0.1) is 0 Å². The van der Waals surface area contributed by atoms with Gasteiger partial charge in [0.2, 0.25) is 5.91 Å². The molecule has 2 atom stereocenters. The van der Waals surface area contributed by atoms with Crippen LogP contribution < -0.4 is 11.1 Å². The van der Waals surface area contributed by atoms with Crippen LogP contribution in [0.25, 0.3) is 0 Å². The molecule has 0 aliphatic carbocycles. The van der Waals surface area contributed by atoms with Crippen LogP contribution in [0.2, 0.25) is 6.04 Å². The molecule has 0 saturated heterocycles. The molecule has 0 aromatic carbocycles. The zero-order valence-electron chi connectivity index (χ0n) is 15.7. The maximum atomic E-state index is 12.2. The van der Waals surface area contributed by atoms with Gasteiger partial charge in [0.1, 0.15) is 6.10 Å². The van der Waals surface area contributed by atoms with E-state index >= 15 is 0 Å². The number of imidazole rings is 1. The molecule has 8 nitrogen and oxygen atoms in total. The van der Waals surface area contributed by atoms with Crippen LogP contribution in [0.3, 0.4) is 0 Å². The van der Waals surface area contributed by atoms with Gasteiger partial charge in [-0.2, -0.15) is 0 Å². The molecule has 25 heavy (non-hydrogen) atoms. The second-order valence-corrected chi connectivity index (χ2v) is 8.40. The number of rotatable bonds is 13. The molecule has 0 fully saturated rings. The highest BCUT2D eigenvalue weighted by molar-refractivity contribution is 6.60. The van der Waals surface area contributed by atoms with Crippen molar-refractivity contribution in [3.05, 3.63) is 18.7 Å². The van der Waals surface area contributed by atoms with Crippen LogP contribution in [0.1, 0.15) is 46.7 Å². The lowest BCUT2D eigenvalue weighted by Crippen LogP contribution is -2.51. The molecule has 1 aromatic heterocycles. The zero-order valence-corrected chi connectivity index (χ0v) is 16.7. The first kappa shape index (κ1) is 21.8. The van der Waals surface area contributed by atoms with Crippen molar-refractivity contribution in [3.8, 4) is 0 Å². The molecule has 0 spiro atoms. The molecule has 0 aliphatic rings. The fourth-order valence-corrected chi connectivity index (χ4v) is 5.21. The first-order valence-corrected chi connectivity index (χ1v) is 10.9. The first-order valence-electron chi connectivity index (χ1n) is 8.94. The Bertz CT molecular complexity index is 480. The zero-order chi connectivity index (χ0) is 18.7. The quantitative estimate of drug-likeness (QED) is 0.511. The minimum Gasteiger partial charge on any atom is -0.374 e. The molecule has 0 bridgehead atoms. The summed E-state index contributed by atoms with van der Waals surface area (Å²) in [4.78, 5) is 16.2. The molecule has 2 unspecified atom stereocenters. The molecule has 3 N–H and O–H groups in total. The number of carbonyl (C=O) groups is 1. The summed E-state index contributed by atoms with van der Waals surface area (Å²) < 4.78 is 19.7. The first-order chi connectivity index (χ1) is 12.0. The summed E-state index contributed by atoms with van der Waals surface area (Å²) in [5.74, 6) is -0.156. The van der Waals surface area contributed by atoms with Gasteiger partial charge >= 0.3 is 8.80 Å². The third-order valence-electron chi connectivity index (χ3n) is 3.66. The molecule has 0 saturated carbocycles. The van der Waals surface area contributed by atoms with Gasteiger partial charge in [0.05, 0.1) is 12.5 Å². The fourth-order valence-electron chi connectivity index (χ4n) is 2.41. The topological polar surface area (TPSA) is 101 Å². The van der Waals surface area contributed by atoms with E-state index in [9.17, 15) is 4.79 Å². The normalized spacial score (nSPS) is 14.3. The van der Waals surface area contributed by atoms with Crippen LogP contribution in [0.15, 0.2) is 18.7 Å². The van der Waals surface area contributed by atoms with E-state index < -0.39 is 14.9 Å². The summed E-state index contributed by atoms with van der Waals surface area (Å²) in [6.45, 7) is 9.04. The highest BCUT2D eigenvalue weighted by atomic mass is 28.4. The van der Waals surface area contributed by atoms with E-state index in [1.807, 2.05) is 31.5 Å². The lowest BCUT2D eigenvalue weighted by molar-refractivity contribution is -0.129. The van der Waals surface area contributed by atoms with E-state index in [1.165, 1.54) is 0 Å². The number of nitrogens with zero attached hydrogens (tertiary/aromatic N) is 2. The largest absolute Gasteiger partial charge is 0.501 e. The number of nitrogens with one attached hydrogen (secondary N) is 1. The van der Waals surface area contributed by atoms with Gasteiger partial charge in [-0.15, -0.1) is 0 Å². The molecular formula is C16H32N4O4Si. The van der Waals surface area contributed by atoms with Crippen molar-refractivity contribution in [2.24, 2.45) is 5.73 Å². The van der Waals surface area contributed by atoms with Crippen LogP contribution in [0.4, 0.5) is 0 Å². The average molecular weight is 373 g/mol. The Morgan fingerprint density at radius 3 is 2.52 bits per heavy atom. The molecule has 1 rings (SSSR count). The Morgan fingerprint density at radius 2 is 2.00 bits per heavy atom. The van der Waals surface area contributed by atoms with Crippen LogP contribution in [-0.4, -0.2) is 50.1 Å². The number of hydrogen-bond acceptors (Lipinski definition) is 6. The Morgan fingerprint density at radius 1 is 1.32 bits per heavy atom. The van der Waals surface area contributed by atoms with Gasteiger partial charge in [-0.3, -0.25) is 4.79 Å². The molecule has 144 valence electrons. The van der Waals surface area contributed by atoms with Gasteiger partial charge in [0.25, 0.3) is 0 Å². The summed E-state index contributed by atoms with van der Waals surface area (Å²) in [5.41, 5.74) is 6.19. The highest BCUT2D eigenvalue weighted by Crippen LogP contribution is 2.23. The molecule has 1 heterocycles. The molecule has 0 aliphatic heterocycles. The third-order valence-corrected chi connectivity index (χ3v) is 6.73. The summed E-state index contributed by atoms with van der Waals surface area (Å²) >= 11 is 0. The second-order valence-electron chi connectivity index (χ2n) is 5.72. The maximum Gasteiger partial charge on any atom is 0.501 e. The number of carbonyl (C=O) groups excluding carboxylic acids is 1. The number of aromatic nitrogens is 2. The van der Waals surface area contributed by atoms with Crippen LogP contribution in [-0.2, 0) is 18.1 Å². The monoisotopic (exact) mass is 372 g/mol. The van der Waals surface area contributed by atoms with Gasteiger partial charge in [-0.25, -0.2) is 4.98 Å². The Balaban J connectivity index is 2.75. The summed E-state index contributed by atoms with van der Waals surface area (Å²) in [7, 11) is -3.01. The number of hydrogen-bond donors (Lipinski definition) is 2. The Kier molecular flexibility index (Phi) is 9.91. The van der Waals surface area contributed by atoms with Crippen molar-refractivity contribution < 1.29 is 18.1 Å². The number of amides is 1. The molecular weight excluding hydrogens is 340 g/mol. The SMILES string of the molecule is CCCNC(=O)C(C)O[Si](CCC(N)n1ccnc1)(OCC)OCC. The van der Waals surface area contributed by atoms with Crippen molar-refractivity contribution in [3.63, 3.8) is 0 Å². The van der Waals surface area contributed by atoms with E-state index in [1.54, 1.807) is 19.4 Å². The highest BCUT2D eigenvalue weighted by Gasteiger charge is 2.43. The Hall–Kier alpha value is -1.26. The predicted molar refractivity (Wildman–Crippen MR) is 97.7 cm³/mol. The van der Waals surface area contributed by atoms with E-state index in [0.29, 0.717) is 32.2 Å². The van der Waals surface area contributed by atoms with Crippen LogP contribution in [0.5, 0.6) is 0 Å². The third kappa shape index (κ3) is 7.24. The summed E-state index contributed by atoms with van der Waals surface area (Å²) in [6, 6.07) is 0.527. The van der Waals surface area contributed by atoms with Crippen molar-refractivity contribution in [2.75, 3.05) is 19.8 Å². The minimum atomic E-state index is -3.01. The van der Waals surface area contributed by atoms with Gasteiger partial charge in [-0.05, 0) is 33.6 Å². The molecule has 0 radical (unpaired) electrons. The van der Waals surface area contributed by atoms with E-state index in [2.05, 4.69) is 10.3 Å². The van der Waals surface area contributed by atoms with Crippen molar-refractivity contribution >= 4 is 14.7 Å². The van der Waals surface area contributed by atoms with E-state index in [-0.39, 0.29) is 12.1 Å². The average Bonchev–Trinajstić information content (AvgIpc) is 3.12. The van der Waals surface area contributed by atoms with E-state index in [0.717, 1.165) is 6.42 Å². The number of nitrogens with two attached hydrogens (primary N) is 1. The van der Waals surface area contributed by atoms with Gasteiger partial charge < -0.3 is 28.9 Å². The second kappa shape index (κ2) is 11.4. The minimum absolute atomic E-state index is 0.156.